The van der Waals surface area contributed by atoms with Crippen LogP contribution in [0.15, 0.2) is 0 Å². The van der Waals surface area contributed by atoms with E-state index in [1.54, 1.807) is 4.90 Å². The fourth-order valence-corrected chi connectivity index (χ4v) is 4.79. The van der Waals surface area contributed by atoms with Crippen molar-refractivity contribution in [2.75, 3.05) is 6.54 Å². The lowest BCUT2D eigenvalue weighted by Crippen LogP contribution is -2.58. The Kier molecular flexibility index (Phi) is 3.41. The van der Waals surface area contributed by atoms with Crippen molar-refractivity contribution in [3.8, 4) is 0 Å². The third kappa shape index (κ3) is 2.15. The van der Waals surface area contributed by atoms with Crippen molar-refractivity contribution in [3.05, 3.63) is 0 Å². The summed E-state index contributed by atoms with van der Waals surface area (Å²) in [6.45, 7) is 0.473. The molecule has 2 saturated carbocycles. The molecule has 0 radical (unpaired) electrons. The molecule has 2 unspecified atom stereocenters. The fraction of sp³-hybridized carbons (Fsp3) is 0.857. The van der Waals surface area contributed by atoms with Crippen LogP contribution in [-0.4, -0.2) is 50.8 Å². The Bertz CT molecular complexity index is 516. The molecule has 4 aliphatic rings. The third-order valence-electron chi connectivity index (χ3n) is 5.87. The average molecular weight is 327 g/mol. The summed E-state index contributed by atoms with van der Waals surface area (Å²) < 4.78 is 15.4. The first kappa shape index (κ1) is 14.4. The van der Waals surface area contributed by atoms with Crippen molar-refractivity contribution in [2.24, 2.45) is 5.41 Å². The molecular weight excluding hydrogens is 306 g/mol. The van der Waals surface area contributed by atoms with Crippen LogP contribution in [-0.2, 0) is 21.0 Å². The molecule has 122 valence electrons. The second kappa shape index (κ2) is 5.19. The summed E-state index contributed by atoms with van der Waals surface area (Å²) >= 11 is -0.537. The van der Waals surface area contributed by atoms with Gasteiger partial charge < -0.3 is 10.2 Å². The molecule has 2 atom stereocenters. The number of nitrogens with zero attached hydrogens (tertiary/aromatic N) is 2. The maximum Gasteiger partial charge on any atom is 0.346 e. The number of piperidine rings is 1. The molecule has 2 aliphatic carbocycles. The molecule has 0 aromatic heterocycles. The lowest BCUT2D eigenvalue weighted by molar-refractivity contribution is -0.129. The summed E-state index contributed by atoms with van der Waals surface area (Å²) in [7, 11) is 0. The van der Waals surface area contributed by atoms with E-state index in [-0.39, 0.29) is 24.0 Å². The number of carbonyl (C=O) groups excluding carboxylic acids is 2. The van der Waals surface area contributed by atoms with Crippen LogP contribution in [0.2, 0.25) is 0 Å². The minimum absolute atomic E-state index is 0.0486. The Morgan fingerprint density at radius 1 is 1.32 bits per heavy atom. The molecule has 7 nitrogen and oxygen atoms in total. The van der Waals surface area contributed by atoms with Crippen molar-refractivity contribution in [3.63, 3.8) is 0 Å². The number of thiol groups is 1. The Labute approximate surface area is 133 Å². The summed E-state index contributed by atoms with van der Waals surface area (Å²) in [4.78, 5) is 26.3. The van der Waals surface area contributed by atoms with Crippen molar-refractivity contribution < 1.29 is 18.1 Å². The van der Waals surface area contributed by atoms with Gasteiger partial charge in [-0.25, -0.2) is 9.00 Å². The van der Waals surface area contributed by atoms with E-state index in [1.807, 2.05) is 0 Å². The molecule has 3 amide bonds. The molecule has 8 heteroatoms. The zero-order chi connectivity index (χ0) is 15.3. The predicted molar refractivity (Wildman–Crippen MR) is 78.8 cm³/mol. The minimum atomic E-state index is -0.537. The topological polar surface area (TPSA) is 79.0 Å². The van der Waals surface area contributed by atoms with Crippen LogP contribution in [0.4, 0.5) is 4.79 Å². The van der Waals surface area contributed by atoms with Gasteiger partial charge in [0.2, 0.25) is 5.91 Å². The molecule has 2 heterocycles. The molecule has 2 saturated heterocycles. The highest BCUT2D eigenvalue weighted by Gasteiger charge is 2.51. The van der Waals surface area contributed by atoms with Gasteiger partial charge in [-0.3, -0.25) is 4.79 Å². The Morgan fingerprint density at radius 2 is 2.09 bits per heavy atom. The van der Waals surface area contributed by atoms with E-state index in [9.17, 15) is 13.8 Å². The number of urea groups is 1. The first-order chi connectivity index (χ1) is 10.6. The minimum Gasteiger partial charge on any atom is -0.352 e. The van der Waals surface area contributed by atoms with Crippen LogP contribution >= 0.6 is 0 Å². The molecule has 0 aromatic rings. The van der Waals surface area contributed by atoms with E-state index >= 15 is 0 Å². The molecule has 1 N–H and O–H groups in total. The first-order valence-electron chi connectivity index (χ1n) is 8.02. The Morgan fingerprint density at radius 3 is 2.73 bits per heavy atom. The third-order valence-corrected chi connectivity index (χ3v) is 6.11. The van der Waals surface area contributed by atoms with Crippen LogP contribution in [0.1, 0.15) is 44.9 Å². The van der Waals surface area contributed by atoms with E-state index in [0.29, 0.717) is 24.8 Å². The highest BCUT2D eigenvalue weighted by molar-refractivity contribution is 7.60. The van der Waals surface area contributed by atoms with Gasteiger partial charge in [0.25, 0.3) is 0 Å². The summed E-state index contributed by atoms with van der Waals surface area (Å²) in [5, 5.41) is 4.25. The highest BCUT2D eigenvalue weighted by atomic mass is 32.2. The number of hydrogen-bond donors (Lipinski definition) is 2. The second-order valence-electron chi connectivity index (χ2n) is 7.13. The highest BCUT2D eigenvalue weighted by Crippen LogP contribution is 2.55. The number of amides is 3. The van der Waals surface area contributed by atoms with Crippen molar-refractivity contribution in [2.45, 2.75) is 63.1 Å². The van der Waals surface area contributed by atoms with E-state index < -0.39 is 18.0 Å². The summed E-state index contributed by atoms with van der Waals surface area (Å²) in [6, 6.07) is -0.593. The lowest BCUT2D eigenvalue weighted by atomic mass is 9.54. The summed E-state index contributed by atoms with van der Waals surface area (Å²) in [5.74, 6) is -0.0486. The van der Waals surface area contributed by atoms with E-state index in [0.717, 1.165) is 17.9 Å². The fourth-order valence-electron chi connectivity index (χ4n) is 4.52. The van der Waals surface area contributed by atoms with Gasteiger partial charge in [-0.1, -0.05) is 6.42 Å². The zero-order valence-corrected chi connectivity index (χ0v) is 13.3. The number of fused-ring (bicyclic) bond motifs is 2. The van der Waals surface area contributed by atoms with Crippen LogP contribution in [0.3, 0.4) is 0 Å². The lowest BCUT2D eigenvalue weighted by Gasteiger charge is -2.54. The number of carbonyl (C=O) groups is 2. The van der Waals surface area contributed by atoms with Crippen LogP contribution in [0, 0.1) is 5.41 Å². The van der Waals surface area contributed by atoms with E-state index in [4.69, 9.17) is 4.28 Å². The van der Waals surface area contributed by atoms with Gasteiger partial charge in [0, 0.05) is 12.6 Å². The molecule has 1 spiro atoms. The maximum atomic E-state index is 12.5. The average Bonchev–Trinajstić information content (AvgIpc) is 2.66. The van der Waals surface area contributed by atoms with Gasteiger partial charge in [-0.2, -0.15) is 9.35 Å². The van der Waals surface area contributed by atoms with Crippen LogP contribution in [0.25, 0.3) is 0 Å². The SMILES string of the molecule is O=[SH]ON1C(=O)N2CC1CCC2C(=O)NC1CC2(CCC2)C1. The molecule has 0 aromatic carbocycles. The maximum absolute atomic E-state index is 12.5. The number of hydrogen-bond acceptors (Lipinski definition) is 4. The largest absolute Gasteiger partial charge is 0.352 e. The molecular formula is C14H21N3O4S. The molecule has 4 fully saturated rings. The number of rotatable bonds is 4. The first-order valence-corrected chi connectivity index (χ1v) is 8.75. The van der Waals surface area contributed by atoms with Crippen molar-refractivity contribution >= 4 is 23.9 Å². The zero-order valence-electron chi connectivity index (χ0n) is 12.4. The molecule has 2 aliphatic heterocycles. The molecule has 4 rings (SSSR count). The van der Waals surface area contributed by atoms with E-state index in [2.05, 4.69) is 5.32 Å². The standard InChI is InChI=1S/C14H21N3O4S/c18-12(15-9-6-14(7-9)4-1-5-14)11-3-2-10-8-16(11)13(19)17(10)21-22-20/h9-11,22H,1-8H2,(H,15,18). The van der Waals surface area contributed by atoms with Gasteiger partial charge in [0.1, 0.15) is 6.04 Å². The quantitative estimate of drug-likeness (QED) is 0.737. The smallest absolute Gasteiger partial charge is 0.346 e. The number of nitrogens with one attached hydrogen (secondary N) is 1. The van der Waals surface area contributed by atoms with Gasteiger partial charge in [0.05, 0.1) is 6.04 Å². The molecule has 2 bridgehead atoms. The van der Waals surface area contributed by atoms with Crippen LogP contribution < -0.4 is 5.32 Å². The van der Waals surface area contributed by atoms with Gasteiger partial charge >= 0.3 is 6.03 Å². The van der Waals surface area contributed by atoms with Crippen molar-refractivity contribution in [1.82, 2.24) is 15.3 Å². The second-order valence-corrected chi connectivity index (χ2v) is 7.44. The van der Waals surface area contributed by atoms with Crippen LogP contribution in [0.5, 0.6) is 0 Å². The number of hydroxylamine groups is 2. The Balaban J connectivity index is 1.36. The monoisotopic (exact) mass is 327 g/mol. The van der Waals surface area contributed by atoms with Gasteiger partial charge in [-0.05, 0) is 43.9 Å². The predicted octanol–water partition coefficient (Wildman–Crippen LogP) is 0.496. The van der Waals surface area contributed by atoms with Gasteiger partial charge in [-0.15, -0.1) is 0 Å². The molecule has 22 heavy (non-hydrogen) atoms. The Hall–Kier alpha value is -1.15. The van der Waals surface area contributed by atoms with Gasteiger partial charge in [0.15, 0.2) is 11.9 Å². The normalized spacial score (nSPS) is 32.8. The summed E-state index contributed by atoms with van der Waals surface area (Å²) in [6.07, 6.45) is 7.44. The van der Waals surface area contributed by atoms with E-state index in [1.165, 1.54) is 19.3 Å². The van der Waals surface area contributed by atoms with Crippen molar-refractivity contribution in [1.29, 1.82) is 0 Å². The summed E-state index contributed by atoms with van der Waals surface area (Å²) in [5.41, 5.74) is 0.525.